The van der Waals surface area contributed by atoms with Gasteiger partial charge in [0.2, 0.25) is 5.91 Å². The number of hydrogen-bond donors (Lipinski definition) is 4. The van der Waals surface area contributed by atoms with Gasteiger partial charge in [-0.25, -0.2) is 4.79 Å². The van der Waals surface area contributed by atoms with Crippen LogP contribution in [0.25, 0.3) is 0 Å². The van der Waals surface area contributed by atoms with Gasteiger partial charge < -0.3 is 25.8 Å². The predicted octanol–water partition coefficient (Wildman–Crippen LogP) is -1.48. The van der Waals surface area contributed by atoms with Crippen LogP contribution in [0.4, 0.5) is 0 Å². The highest BCUT2D eigenvalue weighted by atomic mass is 32.2. The molecule has 0 aliphatic heterocycles. The van der Waals surface area contributed by atoms with E-state index in [1.165, 1.54) is 6.26 Å². The molecule has 0 fully saturated rings. The molecule has 0 aliphatic rings. The van der Waals surface area contributed by atoms with Gasteiger partial charge in [0.05, 0.1) is 12.3 Å². The first kappa shape index (κ1) is 17.7. The summed E-state index contributed by atoms with van der Waals surface area (Å²) in [4.78, 5) is 32.8. The van der Waals surface area contributed by atoms with Crippen molar-refractivity contribution in [2.75, 3.05) is 12.0 Å². The average Bonchev–Trinajstić information content (AvgIpc) is 2.30. The fourth-order valence-electron chi connectivity index (χ4n) is 1.23. The van der Waals surface area contributed by atoms with Crippen molar-refractivity contribution in [3.63, 3.8) is 0 Å². The number of nitrogens with one attached hydrogen (secondary N) is 1. The van der Waals surface area contributed by atoms with Crippen LogP contribution in [0.1, 0.15) is 19.3 Å². The summed E-state index contributed by atoms with van der Waals surface area (Å²) in [5.41, 5.74) is 5.44. The Morgan fingerprint density at radius 3 is 2.32 bits per heavy atom. The molecule has 0 bridgehead atoms. The van der Waals surface area contributed by atoms with Crippen molar-refractivity contribution in [2.24, 2.45) is 5.73 Å². The quantitative estimate of drug-likeness (QED) is 0.378. The lowest BCUT2D eigenvalue weighted by Crippen LogP contribution is -2.49. The SMILES string of the molecule is C[S+]([O-])CCC(NC(=O)C(N)CCC(=O)O)C(=O)O. The second-order valence-corrected chi connectivity index (χ2v) is 5.56. The molecule has 0 aromatic heterocycles. The summed E-state index contributed by atoms with van der Waals surface area (Å²) in [6, 6.07) is -2.25. The lowest BCUT2D eigenvalue weighted by Gasteiger charge is -2.17. The maximum Gasteiger partial charge on any atom is 0.326 e. The smallest absolute Gasteiger partial charge is 0.326 e. The molecular formula is C10H18N2O6S. The lowest BCUT2D eigenvalue weighted by molar-refractivity contribution is -0.142. The van der Waals surface area contributed by atoms with Crippen molar-refractivity contribution < 1.29 is 29.1 Å². The summed E-state index contributed by atoms with van der Waals surface area (Å²) in [5.74, 6) is -2.92. The molecule has 8 nitrogen and oxygen atoms in total. The third kappa shape index (κ3) is 8.41. The number of amides is 1. The number of carboxylic acids is 2. The Labute approximate surface area is 113 Å². The van der Waals surface area contributed by atoms with E-state index in [1.54, 1.807) is 0 Å². The molecule has 0 spiro atoms. The topological polar surface area (TPSA) is 153 Å². The second kappa shape index (κ2) is 8.73. The minimum Gasteiger partial charge on any atom is -0.617 e. The molecule has 0 saturated carbocycles. The highest BCUT2D eigenvalue weighted by molar-refractivity contribution is 7.90. The Kier molecular flexibility index (Phi) is 8.12. The van der Waals surface area contributed by atoms with Crippen LogP contribution in [-0.4, -0.2) is 56.7 Å². The Hall–Kier alpha value is -1.32. The highest BCUT2D eigenvalue weighted by Gasteiger charge is 2.24. The van der Waals surface area contributed by atoms with E-state index < -0.39 is 41.1 Å². The normalized spacial score (nSPS) is 15.3. The molecule has 3 atom stereocenters. The molecule has 5 N–H and O–H groups in total. The van der Waals surface area contributed by atoms with E-state index in [1.807, 2.05) is 0 Å². The highest BCUT2D eigenvalue weighted by Crippen LogP contribution is 2.00. The molecule has 0 saturated heterocycles. The number of nitrogens with two attached hydrogens (primary N) is 1. The van der Waals surface area contributed by atoms with Crippen LogP contribution in [0.15, 0.2) is 0 Å². The van der Waals surface area contributed by atoms with Crippen molar-refractivity contribution in [3.8, 4) is 0 Å². The van der Waals surface area contributed by atoms with Gasteiger partial charge in [-0.2, -0.15) is 0 Å². The van der Waals surface area contributed by atoms with Crippen LogP contribution < -0.4 is 11.1 Å². The molecule has 9 heteroatoms. The van der Waals surface area contributed by atoms with Crippen molar-refractivity contribution in [2.45, 2.75) is 31.3 Å². The zero-order valence-corrected chi connectivity index (χ0v) is 11.3. The van der Waals surface area contributed by atoms with Gasteiger partial charge in [-0.05, 0) is 6.42 Å². The first-order valence-electron chi connectivity index (χ1n) is 5.54. The van der Waals surface area contributed by atoms with Gasteiger partial charge in [-0.3, -0.25) is 9.59 Å². The predicted molar refractivity (Wildman–Crippen MR) is 68.0 cm³/mol. The Morgan fingerprint density at radius 1 is 1.32 bits per heavy atom. The molecule has 0 rings (SSSR count). The van der Waals surface area contributed by atoms with Crippen LogP contribution in [0.2, 0.25) is 0 Å². The molecular weight excluding hydrogens is 276 g/mol. The van der Waals surface area contributed by atoms with E-state index in [-0.39, 0.29) is 25.0 Å². The summed E-state index contributed by atoms with van der Waals surface area (Å²) in [6.45, 7) is 0. The molecule has 3 unspecified atom stereocenters. The van der Waals surface area contributed by atoms with Crippen molar-refractivity contribution >= 4 is 29.0 Å². The van der Waals surface area contributed by atoms with Gasteiger partial charge in [0.25, 0.3) is 0 Å². The molecule has 0 aromatic carbocycles. The average molecular weight is 294 g/mol. The minimum atomic E-state index is -1.25. The Balaban J connectivity index is 4.29. The third-order valence-electron chi connectivity index (χ3n) is 2.31. The van der Waals surface area contributed by atoms with Gasteiger partial charge in [0.15, 0.2) is 0 Å². The molecule has 0 aliphatic carbocycles. The Bertz CT molecular complexity index is 336. The number of rotatable bonds is 9. The summed E-state index contributed by atoms with van der Waals surface area (Å²) in [6.07, 6.45) is 1.10. The molecule has 1 amide bonds. The first-order valence-corrected chi connectivity index (χ1v) is 7.27. The Morgan fingerprint density at radius 2 is 1.89 bits per heavy atom. The van der Waals surface area contributed by atoms with Gasteiger partial charge >= 0.3 is 11.9 Å². The lowest BCUT2D eigenvalue weighted by atomic mass is 10.1. The zero-order chi connectivity index (χ0) is 15.0. The largest absolute Gasteiger partial charge is 0.617 e. The van der Waals surface area contributed by atoms with Crippen LogP contribution in [0.5, 0.6) is 0 Å². The van der Waals surface area contributed by atoms with Crippen LogP contribution >= 0.6 is 0 Å². The number of carboxylic acid groups (broad SMARTS) is 2. The van der Waals surface area contributed by atoms with E-state index in [9.17, 15) is 18.9 Å². The van der Waals surface area contributed by atoms with Crippen LogP contribution in [-0.2, 0) is 25.6 Å². The number of carbonyl (C=O) groups excluding carboxylic acids is 1. The molecule has 0 heterocycles. The van der Waals surface area contributed by atoms with Gasteiger partial charge in [0, 0.05) is 12.8 Å². The molecule has 0 aromatic rings. The van der Waals surface area contributed by atoms with E-state index in [2.05, 4.69) is 5.32 Å². The first-order chi connectivity index (χ1) is 8.73. The summed E-state index contributed by atoms with van der Waals surface area (Å²) in [5, 5.41) is 19.5. The monoisotopic (exact) mass is 294 g/mol. The fraction of sp³-hybridized carbons (Fsp3) is 0.700. The van der Waals surface area contributed by atoms with E-state index >= 15 is 0 Å². The summed E-state index contributed by atoms with van der Waals surface area (Å²) in [7, 11) is 0. The minimum absolute atomic E-state index is 0.0236. The maximum absolute atomic E-state index is 11.5. The van der Waals surface area contributed by atoms with Gasteiger partial charge in [0.1, 0.15) is 11.8 Å². The number of carbonyl (C=O) groups is 3. The third-order valence-corrected chi connectivity index (χ3v) is 3.13. The fourth-order valence-corrected chi connectivity index (χ4v) is 1.80. The van der Waals surface area contributed by atoms with Crippen molar-refractivity contribution in [1.29, 1.82) is 0 Å². The summed E-state index contributed by atoms with van der Waals surface area (Å²) < 4.78 is 10.9. The number of hydrogen-bond acceptors (Lipinski definition) is 5. The molecule has 110 valence electrons. The van der Waals surface area contributed by atoms with Crippen LogP contribution in [0, 0.1) is 0 Å². The van der Waals surface area contributed by atoms with Gasteiger partial charge in [-0.1, -0.05) is 11.2 Å². The maximum atomic E-state index is 11.5. The molecule has 0 radical (unpaired) electrons. The van der Waals surface area contributed by atoms with Crippen LogP contribution in [0.3, 0.4) is 0 Å². The number of aliphatic carboxylic acids is 2. The van der Waals surface area contributed by atoms with E-state index in [0.717, 1.165) is 0 Å². The van der Waals surface area contributed by atoms with Gasteiger partial charge in [-0.15, -0.1) is 0 Å². The zero-order valence-electron chi connectivity index (χ0n) is 10.5. The van der Waals surface area contributed by atoms with E-state index in [0.29, 0.717) is 0 Å². The van der Waals surface area contributed by atoms with E-state index in [4.69, 9.17) is 15.9 Å². The molecule has 19 heavy (non-hydrogen) atoms. The standard InChI is InChI=1S/C10H18N2O6S/c1-19(18)5-4-7(10(16)17)12-9(15)6(11)2-3-8(13)14/h6-7H,2-5,11H2,1H3,(H,12,15)(H,13,14)(H,16,17). The van der Waals surface area contributed by atoms with Crippen molar-refractivity contribution in [3.05, 3.63) is 0 Å². The van der Waals surface area contributed by atoms with Crippen molar-refractivity contribution in [1.82, 2.24) is 5.32 Å². The summed E-state index contributed by atoms with van der Waals surface area (Å²) >= 11 is -1.16. The second-order valence-electron chi connectivity index (χ2n) is 4.00.